The summed E-state index contributed by atoms with van der Waals surface area (Å²) in [6, 6.07) is 10.5. The number of esters is 1. The molecule has 1 saturated carbocycles. The van der Waals surface area contributed by atoms with Gasteiger partial charge in [-0.05, 0) is 48.1 Å². The summed E-state index contributed by atoms with van der Waals surface area (Å²) < 4.78 is 60.7. The molecular formula is C19H20F2O6S. The highest BCUT2D eigenvalue weighted by atomic mass is 32.2. The zero-order chi connectivity index (χ0) is 20.7. The van der Waals surface area contributed by atoms with E-state index in [4.69, 9.17) is 4.55 Å². The zero-order valence-corrected chi connectivity index (χ0v) is 15.9. The molecule has 2 aromatic rings. The van der Waals surface area contributed by atoms with E-state index in [1.165, 1.54) is 0 Å². The number of hydrogen-bond donors (Lipinski definition) is 2. The summed E-state index contributed by atoms with van der Waals surface area (Å²) in [6.45, 7) is 1.22. The van der Waals surface area contributed by atoms with Crippen LogP contribution in [0.5, 0.6) is 0 Å². The van der Waals surface area contributed by atoms with E-state index in [-0.39, 0.29) is 5.92 Å². The van der Waals surface area contributed by atoms with Crippen LogP contribution in [0.1, 0.15) is 43.2 Å². The number of carbonyl (C=O) groups excluding carboxylic acids is 1. The summed E-state index contributed by atoms with van der Waals surface area (Å²) in [7, 11) is -5.91. The van der Waals surface area contributed by atoms with Crippen LogP contribution in [-0.2, 0) is 26.3 Å². The number of aliphatic hydroxyl groups is 1. The first-order chi connectivity index (χ1) is 12.9. The third kappa shape index (κ3) is 3.74. The highest BCUT2D eigenvalue weighted by Gasteiger charge is 2.54. The number of hydrogen-bond acceptors (Lipinski definition) is 5. The van der Waals surface area contributed by atoms with Crippen molar-refractivity contribution in [2.45, 2.75) is 49.6 Å². The Morgan fingerprint density at radius 3 is 2.64 bits per heavy atom. The predicted molar refractivity (Wildman–Crippen MR) is 97.5 cm³/mol. The summed E-state index contributed by atoms with van der Waals surface area (Å²) in [6.07, 6.45) is 2.50. The van der Waals surface area contributed by atoms with Crippen LogP contribution in [0.4, 0.5) is 8.78 Å². The summed E-state index contributed by atoms with van der Waals surface area (Å²) in [5.74, 6) is -2.35. The standard InChI is InChI=1S/C19H20F2O6S/c1-18(23)9-3-6-16(18)13-7-8-15-12(10-13)4-2-5-14(15)11-27-17(22)19(20,21)28(24,25)26/h2,4-5,7-8,10,16,23H,3,6,9,11H2,1H3,(H,24,25,26). The number of alkyl halides is 2. The van der Waals surface area contributed by atoms with Gasteiger partial charge in [0, 0.05) is 5.92 Å². The minimum absolute atomic E-state index is 0.00756. The number of benzene rings is 2. The molecule has 0 heterocycles. The average molecular weight is 414 g/mol. The molecular weight excluding hydrogens is 394 g/mol. The Morgan fingerprint density at radius 1 is 1.32 bits per heavy atom. The zero-order valence-electron chi connectivity index (χ0n) is 15.1. The minimum Gasteiger partial charge on any atom is -0.455 e. The molecule has 2 unspecified atom stereocenters. The number of rotatable bonds is 5. The number of fused-ring (bicyclic) bond motifs is 1. The molecule has 2 N–H and O–H groups in total. The Bertz CT molecular complexity index is 1020. The molecule has 1 fully saturated rings. The molecule has 1 aliphatic rings. The van der Waals surface area contributed by atoms with Crippen LogP contribution in [0.2, 0.25) is 0 Å². The van der Waals surface area contributed by atoms with Crippen molar-refractivity contribution < 1.29 is 36.4 Å². The first kappa shape index (κ1) is 20.6. The smallest absolute Gasteiger partial charge is 0.455 e. The molecule has 0 aliphatic heterocycles. The molecule has 9 heteroatoms. The summed E-state index contributed by atoms with van der Waals surface area (Å²) in [4.78, 5) is 11.4. The van der Waals surface area contributed by atoms with Crippen LogP contribution in [0, 0.1) is 0 Å². The SMILES string of the molecule is CC1(O)CCCC1c1ccc2c(COC(=O)C(F)(F)S(=O)(=O)O)cccc2c1. The lowest BCUT2D eigenvalue weighted by Crippen LogP contribution is -2.38. The lowest BCUT2D eigenvalue weighted by Gasteiger charge is -2.26. The van der Waals surface area contributed by atoms with E-state index in [0.29, 0.717) is 17.4 Å². The van der Waals surface area contributed by atoms with Crippen LogP contribution >= 0.6 is 0 Å². The second-order valence-electron chi connectivity index (χ2n) is 7.27. The Hall–Kier alpha value is -2.10. The highest BCUT2D eigenvalue weighted by Crippen LogP contribution is 2.43. The maximum atomic E-state index is 13.3. The van der Waals surface area contributed by atoms with Gasteiger partial charge in [-0.15, -0.1) is 0 Å². The van der Waals surface area contributed by atoms with Gasteiger partial charge in [-0.1, -0.05) is 36.4 Å². The fourth-order valence-electron chi connectivity index (χ4n) is 3.72. The largest absolute Gasteiger partial charge is 0.465 e. The molecule has 3 rings (SSSR count). The van der Waals surface area contributed by atoms with Crippen LogP contribution in [0.25, 0.3) is 10.8 Å². The van der Waals surface area contributed by atoms with Crippen molar-refractivity contribution in [2.75, 3.05) is 0 Å². The molecule has 6 nitrogen and oxygen atoms in total. The van der Waals surface area contributed by atoms with Crippen LogP contribution in [0.3, 0.4) is 0 Å². The van der Waals surface area contributed by atoms with Gasteiger partial charge in [-0.25, -0.2) is 4.79 Å². The van der Waals surface area contributed by atoms with Gasteiger partial charge >= 0.3 is 21.3 Å². The summed E-state index contributed by atoms with van der Waals surface area (Å²) in [5.41, 5.74) is 0.575. The van der Waals surface area contributed by atoms with Gasteiger partial charge < -0.3 is 9.84 Å². The van der Waals surface area contributed by atoms with Crippen LogP contribution in [-0.4, -0.2) is 34.9 Å². The van der Waals surface area contributed by atoms with Crippen molar-refractivity contribution in [3.8, 4) is 0 Å². The molecule has 2 aromatic carbocycles. The van der Waals surface area contributed by atoms with Crippen molar-refractivity contribution in [3.05, 3.63) is 47.5 Å². The molecule has 0 saturated heterocycles. The first-order valence-corrected chi connectivity index (χ1v) is 10.1. The molecule has 0 amide bonds. The molecule has 0 aromatic heterocycles. The van der Waals surface area contributed by atoms with Crippen LogP contribution < -0.4 is 0 Å². The minimum atomic E-state index is -5.91. The Labute approximate surface area is 160 Å². The Morgan fingerprint density at radius 2 is 2.04 bits per heavy atom. The van der Waals surface area contributed by atoms with E-state index in [1.807, 2.05) is 12.1 Å². The van der Waals surface area contributed by atoms with E-state index in [1.54, 1.807) is 31.2 Å². The second-order valence-corrected chi connectivity index (χ2v) is 8.73. The van der Waals surface area contributed by atoms with Crippen molar-refractivity contribution in [1.29, 1.82) is 0 Å². The number of halogens is 2. The van der Waals surface area contributed by atoms with Gasteiger partial charge in [0.2, 0.25) is 0 Å². The fourth-order valence-corrected chi connectivity index (χ4v) is 3.99. The molecule has 0 bridgehead atoms. The monoisotopic (exact) mass is 414 g/mol. The molecule has 152 valence electrons. The van der Waals surface area contributed by atoms with E-state index in [2.05, 4.69) is 4.74 Å². The molecule has 1 aliphatic carbocycles. The van der Waals surface area contributed by atoms with E-state index in [0.717, 1.165) is 23.8 Å². The maximum absolute atomic E-state index is 13.3. The number of carbonyl (C=O) groups is 1. The molecule has 0 spiro atoms. The average Bonchev–Trinajstić information content (AvgIpc) is 2.97. The van der Waals surface area contributed by atoms with Gasteiger partial charge in [0.25, 0.3) is 0 Å². The van der Waals surface area contributed by atoms with E-state index in [9.17, 15) is 27.1 Å². The van der Waals surface area contributed by atoms with Crippen molar-refractivity contribution in [3.63, 3.8) is 0 Å². The Kier molecular flexibility index (Phi) is 5.20. The Balaban J connectivity index is 1.85. The first-order valence-electron chi connectivity index (χ1n) is 8.69. The summed E-state index contributed by atoms with van der Waals surface area (Å²) in [5, 5.41) is 6.91. The molecule has 2 atom stereocenters. The van der Waals surface area contributed by atoms with Gasteiger partial charge in [0.05, 0.1) is 5.60 Å². The molecule has 28 heavy (non-hydrogen) atoms. The van der Waals surface area contributed by atoms with Gasteiger partial charge in [0.1, 0.15) is 6.61 Å². The van der Waals surface area contributed by atoms with Gasteiger partial charge in [-0.2, -0.15) is 17.2 Å². The fraction of sp³-hybridized carbons (Fsp3) is 0.421. The second kappa shape index (κ2) is 7.06. The third-order valence-corrected chi connectivity index (χ3v) is 6.06. The van der Waals surface area contributed by atoms with Crippen molar-refractivity contribution in [2.24, 2.45) is 0 Å². The maximum Gasteiger partial charge on any atom is 0.465 e. The topological polar surface area (TPSA) is 101 Å². The van der Waals surface area contributed by atoms with Gasteiger partial charge in [-0.3, -0.25) is 4.55 Å². The highest BCUT2D eigenvalue weighted by molar-refractivity contribution is 7.87. The van der Waals surface area contributed by atoms with Crippen molar-refractivity contribution in [1.82, 2.24) is 0 Å². The van der Waals surface area contributed by atoms with Crippen LogP contribution in [0.15, 0.2) is 36.4 Å². The number of ether oxygens (including phenoxy) is 1. The molecule has 0 radical (unpaired) electrons. The lowest BCUT2D eigenvalue weighted by molar-refractivity contribution is -0.162. The quantitative estimate of drug-likeness (QED) is 0.575. The van der Waals surface area contributed by atoms with E-state index >= 15 is 0 Å². The van der Waals surface area contributed by atoms with Gasteiger partial charge in [0.15, 0.2) is 0 Å². The van der Waals surface area contributed by atoms with Crippen molar-refractivity contribution >= 4 is 26.9 Å². The summed E-state index contributed by atoms with van der Waals surface area (Å²) >= 11 is 0. The third-order valence-electron chi connectivity index (χ3n) is 5.24. The lowest BCUT2D eigenvalue weighted by atomic mass is 9.85. The predicted octanol–water partition coefficient (Wildman–Crippen LogP) is 3.38. The van der Waals surface area contributed by atoms with E-state index < -0.39 is 33.5 Å². The normalized spacial score (nSPS) is 23.1.